The van der Waals surface area contributed by atoms with Crippen LogP contribution in [0.2, 0.25) is 0 Å². The van der Waals surface area contributed by atoms with E-state index in [0.29, 0.717) is 17.0 Å². The molecule has 156 valence electrons. The first kappa shape index (κ1) is 21.5. The lowest BCUT2D eigenvalue weighted by Gasteiger charge is -2.14. The predicted octanol–water partition coefficient (Wildman–Crippen LogP) is 4.22. The lowest BCUT2D eigenvalue weighted by Crippen LogP contribution is -2.25. The number of anilines is 1. The van der Waals surface area contributed by atoms with Gasteiger partial charge in [0.25, 0.3) is 11.8 Å². The molecule has 0 fully saturated rings. The van der Waals surface area contributed by atoms with Gasteiger partial charge in [-0.3, -0.25) is 9.59 Å². The molecule has 0 aliphatic heterocycles. The van der Waals surface area contributed by atoms with E-state index in [0.717, 1.165) is 5.56 Å². The first-order valence-corrected chi connectivity index (χ1v) is 9.52. The number of ether oxygens (including phenoxy) is 1. The average molecular weight is 417 g/mol. The summed E-state index contributed by atoms with van der Waals surface area (Å²) in [5.74, 6) is -1.14. The van der Waals surface area contributed by atoms with Crippen LogP contribution in [0.4, 0.5) is 10.1 Å². The van der Waals surface area contributed by atoms with Crippen LogP contribution >= 0.6 is 0 Å². The molecule has 0 spiro atoms. The molecule has 0 aliphatic carbocycles. The number of aryl methyl sites for hydroxylation is 1. The van der Waals surface area contributed by atoms with Crippen molar-refractivity contribution < 1.29 is 18.7 Å². The molecule has 6 nitrogen and oxygen atoms in total. The Labute approximate surface area is 179 Å². The lowest BCUT2D eigenvalue weighted by atomic mass is 10.1. The summed E-state index contributed by atoms with van der Waals surface area (Å²) >= 11 is 0. The summed E-state index contributed by atoms with van der Waals surface area (Å²) < 4.78 is 19.2. The Morgan fingerprint density at radius 1 is 1.00 bits per heavy atom. The van der Waals surface area contributed by atoms with E-state index in [1.807, 2.05) is 12.1 Å². The molecule has 3 aromatic rings. The van der Waals surface area contributed by atoms with Crippen molar-refractivity contribution in [3.8, 4) is 11.8 Å². The van der Waals surface area contributed by atoms with Crippen molar-refractivity contribution in [1.29, 1.82) is 5.26 Å². The van der Waals surface area contributed by atoms with Gasteiger partial charge in [-0.15, -0.1) is 0 Å². The Hall–Kier alpha value is -4.18. The number of rotatable bonds is 7. The largest absolute Gasteiger partial charge is 0.479 e. The number of benzene rings is 3. The molecule has 0 aromatic heterocycles. The second-order valence-electron chi connectivity index (χ2n) is 6.71. The van der Waals surface area contributed by atoms with Crippen molar-refractivity contribution in [2.45, 2.75) is 13.5 Å². The van der Waals surface area contributed by atoms with Crippen LogP contribution in [-0.2, 0) is 6.54 Å². The van der Waals surface area contributed by atoms with E-state index >= 15 is 0 Å². The van der Waals surface area contributed by atoms with E-state index in [1.54, 1.807) is 49.4 Å². The van der Waals surface area contributed by atoms with Crippen LogP contribution in [0.5, 0.6) is 5.75 Å². The highest BCUT2D eigenvalue weighted by molar-refractivity contribution is 6.09. The summed E-state index contributed by atoms with van der Waals surface area (Å²) in [6.07, 6.45) is 0. The molecule has 0 aliphatic rings. The molecule has 3 rings (SSSR count). The molecule has 2 N–H and O–H groups in total. The molecule has 31 heavy (non-hydrogen) atoms. The minimum absolute atomic E-state index is 0.0653. The van der Waals surface area contributed by atoms with Crippen molar-refractivity contribution in [2.75, 3.05) is 11.9 Å². The molecule has 0 unspecified atom stereocenters. The number of nitrogens with one attached hydrogen (secondary N) is 2. The predicted molar refractivity (Wildman–Crippen MR) is 114 cm³/mol. The monoisotopic (exact) mass is 417 g/mol. The number of carbonyl (C=O) groups excluding carboxylic acids is 2. The van der Waals surface area contributed by atoms with Crippen LogP contribution in [-0.4, -0.2) is 18.4 Å². The van der Waals surface area contributed by atoms with Crippen molar-refractivity contribution in [1.82, 2.24) is 5.32 Å². The zero-order valence-electron chi connectivity index (χ0n) is 16.8. The van der Waals surface area contributed by atoms with Gasteiger partial charge in [0.1, 0.15) is 17.6 Å². The fourth-order valence-electron chi connectivity index (χ4n) is 2.99. The number of hydrogen-bond acceptors (Lipinski definition) is 4. The SMILES string of the molecule is Cc1cccc(C(=O)NCc2cccc(OCC#N)c2)c1NC(=O)c1ccccc1F. The molecule has 0 bridgehead atoms. The number of para-hydroxylation sites is 1. The minimum atomic E-state index is -0.641. The van der Waals surface area contributed by atoms with Crippen LogP contribution < -0.4 is 15.4 Å². The Balaban J connectivity index is 1.75. The second kappa shape index (κ2) is 10.0. The highest BCUT2D eigenvalue weighted by atomic mass is 19.1. The molecule has 3 aromatic carbocycles. The van der Waals surface area contributed by atoms with Gasteiger partial charge in [-0.2, -0.15) is 5.26 Å². The van der Waals surface area contributed by atoms with Crippen LogP contribution in [0.1, 0.15) is 31.8 Å². The van der Waals surface area contributed by atoms with E-state index < -0.39 is 17.6 Å². The average Bonchev–Trinajstić information content (AvgIpc) is 2.78. The maximum absolute atomic E-state index is 14.0. The van der Waals surface area contributed by atoms with E-state index in [1.165, 1.54) is 18.2 Å². The molecule has 0 heterocycles. The molecule has 0 saturated carbocycles. The number of hydrogen-bond donors (Lipinski definition) is 2. The summed E-state index contributed by atoms with van der Waals surface area (Å²) in [5, 5.41) is 14.1. The second-order valence-corrected chi connectivity index (χ2v) is 6.71. The van der Waals surface area contributed by atoms with Gasteiger partial charge in [0.05, 0.1) is 16.8 Å². The summed E-state index contributed by atoms with van der Waals surface area (Å²) in [6.45, 7) is 1.91. The van der Waals surface area contributed by atoms with Crippen LogP contribution in [0.15, 0.2) is 66.7 Å². The normalized spacial score (nSPS) is 10.1. The third-order valence-corrected chi connectivity index (χ3v) is 4.53. The van der Waals surface area contributed by atoms with Crippen molar-refractivity contribution >= 4 is 17.5 Å². The molecule has 2 amide bonds. The van der Waals surface area contributed by atoms with Crippen molar-refractivity contribution in [3.63, 3.8) is 0 Å². The number of amides is 2. The summed E-state index contributed by atoms with van der Waals surface area (Å²) in [4.78, 5) is 25.4. The standard InChI is InChI=1S/C24H20FN3O3/c1-16-6-4-10-20(22(16)28-24(30)19-9-2-3-11-21(19)25)23(29)27-15-17-7-5-8-18(14-17)31-13-12-26/h2-11,14H,13,15H2,1H3,(H,27,29)(H,28,30). The molecule has 0 atom stereocenters. The summed E-state index contributed by atoms with van der Waals surface area (Å²) in [6, 6.07) is 19.6. The van der Waals surface area contributed by atoms with E-state index in [-0.39, 0.29) is 24.3 Å². The molecular formula is C24H20FN3O3. The van der Waals surface area contributed by atoms with Gasteiger partial charge in [-0.1, -0.05) is 36.4 Å². The number of halogens is 1. The third kappa shape index (κ3) is 5.46. The van der Waals surface area contributed by atoms with Gasteiger partial charge in [-0.05, 0) is 48.4 Å². The topological polar surface area (TPSA) is 91.2 Å². The Bertz CT molecular complexity index is 1150. The summed E-state index contributed by atoms with van der Waals surface area (Å²) in [7, 11) is 0. The van der Waals surface area contributed by atoms with Gasteiger partial charge in [-0.25, -0.2) is 4.39 Å². The Morgan fingerprint density at radius 2 is 1.74 bits per heavy atom. The molecular weight excluding hydrogens is 397 g/mol. The zero-order valence-corrected chi connectivity index (χ0v) is 16.8. The molecule has 7 heteroatoms. The van der Waals surface area contributed by atoms with E-state index in [4.69, 9.17) is 10.00 Å². The highest BCUT2D eigenvalue weighted by Crippen LogP contribution is 2.22. The quantitative estimate of drug-likeness (QED) is 0.602. The Kier molecular flexibility index (Phi) is 6.97. The maximum atomic E-state index is 14.0. The molecule has 0 radical (unpaired) electrons. The van der Waals surface area contributed by atoms with Gasteiger partial charge in [0.15, 0.2) is 6.61 Å². The first-order valence-electron chi connectivity index (χ1n) is 9.52. The van der Waals surface area contributed by atoms with E-state index in [9.17, 15) is 14.0 Å². The van der Waals surface area contributed by atoms with Crippen LogP contribution in [0.25, 0.3) is 0 Å². The summed E-state index contributed by atoms with van der Waals surface area (Å²) in [5.41, 5.74) is 1.94. The fourth-order valence-corrected chi connectivity index (χ4v) is 2.99. The first-order chi connectivity index (χ1) is 15.0. The van der Waals surface area contributed by atoms with E-state index in [2.05, 4.69) is 10.6 Å². The van der Waals surface area contributed by atoms with Gasteiger partial charge < -0.3 is 15.4 Å². The van der Waals surface area contributed by atoms with Crippen LogP contribution in [0.3, 0.4) is 0 Å². The zero-order chi connectivity index (χ0) is 22.2. The van der Waals surface area contributed by atoms with Gasteiger partial charge in [0.2, 0.25) is 0 Å². The molecule has 0 saturated heterocycles. The van der Waals surface area contributed by atoms with Gasteiger partial charge in [0, 0.05) is 6.54 Å². The minimum Gasteiger partial charge on any atom is -0.479 e. The van der Waals surface area contributed by atoms with Gasteiger partial charge >= 0.3 is 0 Å². The number of carbonyl (C=O) groups is 2. The number of nitrogens with zero attached hydrogens (tertiary/aromatic N) is 1. The maximum Gasteiger partial charge on any atom is 0.258 e. The third-order valence-electron chi connectivity index (χ3n) is 4.53. The number of nitriles is 1. The van der Waals surface area contributed by atoms with Crippen molar-refractivity contribution in [2.24, 2.45) is 0 Å². The highest BCUT2D eigenvalue weighted by Gasteiger charge is 2.18. The fraction of sp³-hybridized carbons (Fsp3) is 0.125. The lowest BCUT2D eigenvalue weighted by molar-refractivity contribution is 0.0951. The van der Waals surface area contributed by atoms with Crippen molar-refractivity contribution in [3.05, 3.63) is 94.8 Å². The Morgan fingerprint density at radius 3 is 2.52 bits per heavy atom. The van der Waals surface area contributed by atoms with Crippen LogP contribution in [0, 0.1) is 24.1 Å². The smallest absolute Gasteiger partial charge is 0.258 e.